The second-order valence-electron chi connectivity index (χ2n) is 4.85. The van der Waals surface area contributed by atoms with Crippen molar-refractivity contribution in [1.29, 1.82) is 0 Å². The maximum Gasteiger partial charge on any atom is 0.254 e. The summed E-state index contributed by atoms with van der Waals surface area (Å²) in [5.41, 5.74) is 0. The van der Waals surface area contributed by atoms with Gasteiger partial charge in [-0.25, -0.2) is 0 Å². The van der Waals surface area contributed by atoms with E-state index >= 15 is 0 Å². The van der Waals surface area contributed by atoms with Crippen LogP contribution in [0.5, 0.6) is 0 Å². The third-order valence-electron chi connectivity index (χ3n) is 3.20. The van der Waals surface area contributed by atoms with Crippen molar-refractivity contribution in [2.75, 3.05) is 13.2 Å². The van der Waals surface area contributed by atoms with E-state index < -0.39 is 42.5 Å². The average Bonchev–Trinajstić information content (AvgIpc) is 2.77. The number of hydrogen-bond donors (Lipinski definition) is 4. The number of aliphatic hydroxyl groups excluding tert-OH is 3. The molecule has 4 N–H and O–H groups in total. The fraction of sp³-hybridized carbons (Fsp3) is 0.615. The van der Waals surface area contributed by atoms with Gasteiger partial charge >= 0.3 is 0 Å². The van der Waals surface area contributed by atoms with Crippen LogP contribution in [0.1, 0.15) is 19.8 Å². The molecule has 8 nitrogen and oxygen atoms in total. The second kappa shape index (κ2) is 7.87. The van der Waals surface area contributed by atoms with E-state index in [2.05, 4.69) is 5.32 Å². The number of carbonyl (C=O) groups is 3. The minimum absolute atomic E-state index is 0.0651. The van der Waals surface area contributed by atoms with Gasteiger partial charge in [0.1, 0.15) is 6.04 Å². The summed E-state index contributed by atoms with van der Waals surface area (Å²) in [6, 6.07) is -1.56. The van der Waals surface area contributed by atoms with Crippen LogP contribution in [0, 0.1) is 0 Å². The molecule has 8 heteroatoms. The molecule has 3 amide bonds. The molecule has 0 aliphatic carbocycles. The number of carbonyl (C=O) groups excluding carboxylic acids is 3. The van der Waals surface area contributed by atoms with Crippen LogP contribution in [0.4, 0.5) is 0 Å². The Labute approximate surface area is 122 Å². The number of hydrogen-bond acceptors (Lipinski definition) is 6. The number of imide groups is 1. The Bertz CT molecular complexity index is 418. The molecule has 0 fully saturated rings. The third kappa shape index (κ3) is 4.62. The molecular weight excluding hydrogens is 280 g/mol. The zero-order valence-corrected chi connectivity index (χ0v) is 11.7. The molecule has 0 aromatic heterocycles. The highest BCUT2D eigenvalue weighted by molar-refractivity contribution is 6.15. The minimum atomic E-state index is -1.02. The molecule has 1 heterocycles. The lowest BCUT2D eigenvalue weighted by Crippen LogP contribution is -2.51. The molecule has 0 saturated carbocycles. The molecule has 0 bridgehead atoms. The first-order valence-corrected chi connectivity index (χ1v) is 6.66. The van der Waals surface area contributed by atoms with Crippen LogP contribution in [0.25, 0.3) is 0 Å². The Balaban J connectivity index is 2.64. The quantitative estimate of drug-likeness (QED) is 0.381. The molecule has 1 aliphatic heterocycles. The largest absolute Gasteiger partial charge is 0.396 e. The third-order valence-corrected chi connectivity index (χ3v) is 3.20. The van der Waals surface area contributed by atoms with Gasteiger partial charge in [0, 0.05) is 24.8 Å². The van der Waals surface area contributed by atoms with Crippen molar-refractivity contribution in [3.8, 4) is 0 Å². The fourth-order valence-electron chi connectivity index (χ4n) is 2.04. The Hall–Kier alpha value is -1.77. The van der Waals surface area contributed by atoms with Crippen molar-refractivity contribution in [3.63, 3.8) is 0 Å². The van der Waals surface area contributed by atoms with Gasteiger partial charge in [-0.05, 0) is 19.8 Å². The number of aliphatic hydroxyl groups is 3. The van der Waals surface area contributed by atoms with Crippen LogP contribution < -0.4 is 5.32 Å². The fourth-order valence-corrected chi connectivity index (χ4v) is 2.04. The zero-order chi connectivity index (χ0) is 16.0. The minimum Gasteiger partial charge on any atom is -0.396 e. The van der Waals surface area contributed by atoms with Crippen LogP contribution >= 0.6 is 0 Å². The highest BCUT2D eigenvalue weighted by Gasteiger charge is 2.33. The summed E-state index contributed by atoms with van der Waals surface area (Å²) in [4.78, 5) is 35.9. The lowest BCUT2D eigenvalue weighted by molar-refractivity contribution is -0.145. The molecule has 3 unspecified atom stereocenters. The Kier molecular flexibility index (Phi) is 6.47. The van der Waals surface area contributed by atoms with Crippen LogP contribution in [-0.2, 0) is 14.4 Å². The molecule has 0 saturated heterocycles. The van der Waals surface area contributed by atoms with Crippen molar-refractivity contribution in [1.82, 2.24) is 10.2 Å². The first kappa shape index (κ1) is 17.3. The predicted molar refractivity (Wildman–Crippen MR) is 71.8 cm³/mol. The van der Waals surface area contributed by atoms with E-state index in [4.69, 9.17) is 10.2 Å². The monoisotopic (exact) mass is 300 g/mol. The summed E-state index contributed by atoms with van der Waals surface area (Å²) in [6.45, 7) is 0.748. The summed E-state index contributed by atoms with van der Waals surface area (Å²) in [6.07, 6.45) is 1.42. The summed E-state index contributed by atoms with van der Waals surface area (Å²) in [5.74, 6) is -1.68. The van der Waals surface area contributed by atoms with Gasteiger partial charge in [-0.2, -0.15) is 0 Å². The molecule has 0 radical (unpaired) electrons. The highest BCUT2D eigenvalue weighted by atomic mass is 16.3. The molecule has 3 atom stereocenters. The number of nitrogens with zero attached hydrogens (tertiary/aromatic N) is 1. The predicted octanol–water partition coefficient (Wildman–Crippen LogP) is -2.09. The van der Waals surface area contributed by atoms with Gasteiger partial charge in [-0.1, -0.05) is 0 Å². The Morgan fingerprint density at radius 3 is 2.33 bits per heavy atom. The average molecular weight is 300 g/mol. The van der Waals surface area contributed by atoms with Crippen LogP contribution in [0.2, 0.25) is 0 Å². The van der Waals surface area contributed by atoms with Crippen molar-refractivity contribution in [2.24, 2.45) is 0 Å². The maximum absolute atomic E-state index is 12.1. The van der Waals surface area contributed by atoms with Gasteiger partial charge in [0.15, 0.2) is 0 Å². The SMILES string of the molecule is CC(C(=O)NC(CCO)CC(O)CO)N1C(=O)C=CC1=O. The molecule has 0 spiro atoms. The normalized spacial score (nSPS) is 18.8. The van der Waals surface area contributed by atoms with E-state index in [0.717, 1.165) is 17.1 Å². The highest BCUT2D eigenvalue weighted by Crippen LogP contribution is 2.10. The number of nitrogens with one attached hydrogen (secondary N) is 1. The standard InChI is InChI=1S/C13H20N2O6/c1-8(15-11(19)2-3-12(15)20)13(21)14-9(4-5-16)6-10(18)7-17/h2-3,8-10,16-18H,4-7H2,1H3,(H,14,21). The molecular formula is C13H20N2O6. The van der Waals surface area contributed by atoms with Gasteiger partial charge in [0.25, 0.3) is 11.8 Å². The van der Waals surface area contributed by atoms with Crippen LogP contribution in [0.3, 0.4) is 0 Å². The van der Waals surface area contributed by atoms with Gasteiger partial charge in [0.2, 0.25) is 5.91 Å². The summed E-state index contributed by atoms with van der Waals surface area (Å²) in [7, 11) is 0. The number of amides is 3. The van der Waals surface area contributed by atoms with E-state index in [0.29, 0.717) is 0 Å². The molecule has 0 aromatic rings. The Morgan fingerprint density at radius 2 is 1.86 bits per heavy atom. The maximum atomic E-state index is 12.1. The lowest BCUT2D eigenvalue weighted by Gasteiger charge is -2.26. The topological polar surface area (TPSA) is 127 Å². The van der Waals surface area contributed by atoms with E-state index in [1.54, 1.807) is 0 Å². The molecule has 1 rings (SSSR count). The molecule has 1 aliphatic rings. The van der Waals surface area contributed by atoms with Crippen molar-refractivity contribution >= 4 is 17.7 Å². The van der Waals surface area contributed by atoms with Gasteiger partial charge in [-0.3, -0.25) is 19.3 Å². The van der Waals surface area contributed by atoms with Gasteiger partial charge in [0.05, 0.1) is 12.7 Å². The summed E-state index contributed by atoms with van der Waals surface area (Å²) in [5, 5.41) is 29.7. The molecule has 0 aromatic carbocycles. The smallest absolute Gasteiger partial charge is 0.254 e. The first-order valence-electron chi connectivity index (χ1n) is 6.66. The summed E-state index contributed by atoms with van der Waals surface area (Å²) < 4.78 is 0. The van der Waals surface area contributed by atoms with E-state index in [1.807, 2.05) is 0 Å². The van der Waals surface area contributed by atoms with Crippen molar-refractivity contribution in [2.45, 2.75) is 38.0 Å². The van der Waals surface area contributed by atoms with Crippen molar-refractivity contribution < 1.29 is 29.7 Å². The summed E-state index contributed by atoms with van der Waals surface area (Å²) >= 11 is 0. The van der Waals surface area contributed by atoms with Crippen LogP contribution in [-0.4, -0.2) is 69.3 Å². The molecule has 21 heavy (non-hydrogen) atoms. The van der Waals surface area contributed by atoms with Gasteiger partial charge in [-0.15, -0.1) is 0 Å². The van der Waals surface area contributed by atoms with E-state index in [-0.39, 0.29) is 19.4 Å². The van der Waals surface area contributed by atoms with E-state index in [9.17, 15) is 19.5 Å². The van der Waals surface area contributed by atoms with Gasteiger partial charge < -0.3 is 20.6 Å². The lowest BCUT2D eigenvalue weighted by atomic mass is 10.1. The zero-order valence-electron chi connectivity index (χ0n) is 11.7. The first-order chi connectivity index (χ1) is 9.90. The Morgan fingerprint density at radius 1 is 1.29 bits per heavy atom. The van der Waals surface area contributed by atoms with Crippen LogP contribution in [0.15, 0.2) is 12.2 Å². The second-order valence-corrected chi connectivity index (χ2v) is 4.85. The molecule has 118 valence electrons. The number of rotatable bonds is 8. The van der Waals surface area contributed by atoms with E-state index in [1.165, 1.54) is 6.92 Å². The van der Waals surface area contributed by atoms with Crippen molar-refractivity contribution in [3.05, 3.63) is 12.2 Å².